The standard InChI is InChI=1S/C21H25FN2O3S/c1-2-16-7-11-20(12-8-16)23-21(25)18-4-3-13-24(14-18)28(26,27)15-17-5-9-19(22)10-6-17/h5-12,18H,2-4,13-15H2,1H3,(H,23,25). The van der Waals surface area contributed by atoms with Gasteiger partial charge >= 0.3 is 0 Å². The average Bonchev–Trinajstić information content (AvgIpc) is 2.70. The molecule has 1 heterocycles. The van der Waals surface area contributed by atoms with E-state index in [0.717, 1.165) is 6.42 Å². The number of nitrogens with zero attached hydrogens (tertiary/aromatic N) is 1. The second-order valence-corrected chi connectivity index (χ2v) is 9.09. The number of benzene rings is 2. The van der Waals surface area contributed by atoms with Gasteiger partial charge < -0.3 is 5.32 Å². The molecule has 1 atom stereocenters. The Bertz CT molecular complexity index is 912. The lowest BCUT2D eigenvalue weighted by atomic mass is 9.98. The third-order valence-corrected chi connectivity index (χ3v) is 6.86. The van der Waals surface area contributed by atoms with Gasteiger partial charge in [0, 0.05) is 18.8 Å². The molecule has 1 N–H and O–H groups in total. The normalized spacial score (nSPS) is 18.0. The summed E-state index contributed by atoms with van der Waals surface area (Å²) >= 11 is 0. The molecule has 1 aliphatic heterocycles. The molecule has 0 bridgehead atoms. The summed E-state index contributed by atoms with van der Waals surface area (Å²) in [4.78, 5) is 12.6. The van der Waals surface area contributed by atoms with Crippen molar-refractivity contribution in [1.82, 2.24) is 4.31 Å². The number of anilines is 1. The van der Waals surface area contributed by atoms with Crippen LogP contribution in [0, 0.1) is 11.7 Å². The van der Waals surface area contributed by atoms with Gasteiger partial charge in [0.25, 0.3) is 0 Å². The number of amides is 1. The van der Waals surface area contributed by atoms with Crippen molar-refractivity contribution in [1.29, 1.82) is 0 Å². The molecule has 0 radical (unpaired) electrons. The van der Waals surface area contributed by atoms with E-state index in [1.807, 2.05) is 24.3 Å². The van der Waals surface area contributed by atoms with Crippen molar-refractivity contribution in [3.05, 3.63) is 65.5 Å². The highest BCUT2D eigenvalue weighted by molar-refractivity contribution is 7.88. The summed E-state index contributed by atoms with van der Waals surface area (Å²) < 4.78 is 39.9. The summed E-state index contributed by atoms with van der Waals surface area (Å²) in [6.45, 7) is 2.64. The van der Waals surface area contributed by atoms with Crippen molar-refractivity contribution >= 4 is 21.6 Å². The number of piperidine rings is 1. The number of nitrogens with one attached hydrogen (secondary N) is 1. The first-order valence-corrected chi connectivity index (χ1v) is 11.1. The third kappa shape index (κ3) is 5.17. The number of carbonyl (C=O) groups is 1. The van der Waals surface area contributed by atoms with E-state index in [9.17, 15) is 17.6 Å². The van der Waals surface area contributed by atoms with E-state index in [1.54, 1.807) is 0 Å². The lowest BCUT2D eigenvalue weighted by Crippen LogP contribution is -2.44. The quantitative estimate of drug-likeness (QED) is 0.800. The first-order chi connectivity index (χ1) is 13.4. The van der Waals surface area contributed by atoms with Gasteiger partial charge in [-0.1, -0.05) is 31.2 Å². The number of sulfonamides is 1. The Labute approximate surface area is 165 Å². The first kappa shape index (κ1) is 20.5. The highest BCUT2D eigenvalue weighted by Gasteiger charge is 2.32. The van der Waals surface area contributed by atoms with E-state index >= 15 is 0 Å². The van der Waals surface area contributed by atoms with E-state index in [-0.39, 0.29) is 24.1 Å². The SMILES string of the molecule is CCc1ccc(NC(=O)C2CCCN(S(=O)(=O)Cc3ccc(F)cc3)C2)cc1. The largest absolute Gasteiger partial charge is 0.326 e. The van der Waals surface area contributed by atoms with Crippen molar-refractivity contribution in [2.45, 2.75) is 31.9 Å². The topological polar surface area (TPSA) is 66.5 Å². The summed E-state index contributed by atoms with van der Waals surface area (Å²) in [5.41, 5.74) is 2.44. The number of aryl methyl sites for hydroxylation is 1. The lowest BCUT2D eigenvalue weighted by Gasteiger charge is -2.31. The summed E-state index contributed by atoms with van der Waals surface area (Å²) in [5.74, 6) is -1.14. The Hall–Kier alpha value is -2.25. The molecule has 2 aromatic rings. The maximum Gasteiger partial charge on any atom is 0.228 e. The molecule has 0 spiro atoms. The predicted molar refractivity (Wildman–Crippen MR) is 108 cm³/mol. The molecule has 0 aliphatic carbocycles. The van der Waals surface area contributed by atoms with Gasteiger partial charge in [0.15, 0.2) is 0 Å². The highest BCUT2D eigenvalue weighted by atomic mass is 32.2. The third-order valence-electron chi connectivity index (χ3n) is 5.04. The molecule has 3 rings (SSSR count). The zero-order valence-electron chi connectivity index (χ0n) is 15.9. The van der Waals surface area contributed by atoms with E-state index in [2.05, 4.69) is 12.2 Å². The molecule has 1 unspecified atom stereocenters. The average molecular weight is 405 g/mol. The number of halogens is 1. The van der Waals surface area contributed by atoms with Crippen LogP contribution in [-0.4, -0.2) is 31.7 Å². The number of hydrogen-bond donors (Lipinski definition) is 1. The van der Waals surface area contributed by atoms with Crippen LogP contribution >= 0.6 is 0 Å². The molecular formula is C21H25FN2O3S. The van der Waals surface area contributed by atoms with Crippen LogP contribution in [0.5, 0.6) is 0 Å². The molecule has 150 valence electrons. The fourth-order valence-corrected chi connectivity index (χ4v) is 4.97. The molecular weight excluding hydrogens is 379 g/mol. The second-order valence-electron chi connectivity index (χ2n) is 7.12. The molecule has 7 heteroatoms. The maximum atomic E-state index is 13.0. The van der Waals surface area contributed by atoms with Crippen LogP contribution in [0.1, 0.15) is 30.9 Å². The van der Waals surface area contributed by atoms with Gasteiger partial charge in [-0.3, -0.25) is 4.79 Å². The predicted octanol–water partition coefficient (Wildman–Crippen LogP) is 3.57. The van der Waals surface area contributed by atoms with E-state index in [0.29, 0.717) is 30.6 Å². The zero-order chi connectivity index (χ0) is 20.1. The lowest BCUT2D eigenvalue weighted by molar-refractivity contribution is -0.120. The van der Waals surface area contributed by atoms with Gasteiger partial charge in [-0.05, 0) is 54.7 Å². The Morgan fingerprint density at radius 1 is 1.11 bits per heavy atom. The van der Waals surface area contributed by atoms with E-state index in [1.165, 1.54) is 34.1 Å². The van der Waals surface area contributed by atoms with Gasteiger partial charge in [0.1, 0.15) is 5.82 Å². The highest BCUT2D eigenvalue weighted by Crippen LogP contribution is 2.23. The van der Waals surface area contributed by atoms with Gasteiger partial charge in [0.2, 0.25) is 15.9 Å². The molecule has 0 aromatic heterocycles. The van der Waals surface area contributed by atoms with Gasteiger partial charge in [-0.2, -0.15) is 0 Å². The Morgan fingerprint density at radius 3 is 2.39 bits per heavy atom. The minimum atomic E-state index is -3.57. The number of carbonyl (C=O) groups excluding carboxylic acids is 1. The molecule has 1 aliphatic rings. The van der Waals surface area contributed by atoms with Gasteiger partial charge in [-0.25, -0.2) is 17.1 Å². The Kier molecular flexibility index (Phi) is 6.46. The van der Waals surface area contributed by atoms with Crippen molar-refractivity contribution in [3.63, 3.8) is 0 Å². The van der Waals surface area contributed by atoms with Gasteiger partial charge in [0.05, 0.1) is 11.7 Å². The first-order valence-electron chi connectivity index (χ1n) is 9.49. The molecule has 0 saturated carbocycles. The summed E-state index contributed by atoms with van der Waals surface area (Å²) in [7, 11) is -3.57. The maximum absolute atomic E-state index is 13.0. The van der Waals surface area contributed by atoms with Crippen molar-refractivity contribution < 1.29 is 17.6 Å². The summed E-state index contributed by atoms with van der Waals surface area (Å²) in [5, 5.41) is 2.89. The van der Waals surface area contributed by atoms with Crippen molar-refractivity contribution in [2.75, 3.05) is 18.4 Å². The van der Waals surface area contributed by atoms with Crippen LogP contribution in [0.15, 0.2) is 48.5 Å². The Morgan fingerprint density at radius 2 is 1.75 bits per heavy atom. The fraction of sp³-hybridized carbons (Fsp3) is 0.381. The minimum absolute atomic E-state index is 0.161. The van der Waals surface area contributed by atoms with Crippen LogP contribution < -0.4 is 5.32 Å². The minimum Gasteiger partial charge on any atom is -0.326 e. The molecule has 1 fully saturated rings. The summed E-state index contributed by atoms with van der Waals surface area (Å²) in [6.07, 6.45) is 2.22. The van der Waals surface area contributed by atoms with Crippen LogP contribution in [0.25, 0.3) is 0 Å². The smallest absolute Gasteiger partial charge is 0.228 e. The molecule has 5 nitrogen and oxygen atoms in total. The molecule has 2 aromatic carbocycles. The Balaban J connectivity index is 1.63. The van der Waals surface area contributed by atoms with Crippen LogP contribution in [-0.2, 0) is 27.0 Å². The van der Waals surface area contributed by atoms with Gasteiger partial charge in [-0.15, -0.1) is 0 Å². The number of hydrogen-bond acceptors (Lipinski definition) is 3. The second kappa shape index (κ2) is 8.84. The van der Waals surface area contributed by atoms with E-state index in [4.69, 9.17) is 0 Å². The van der Waals surface area contributed by atoms with Crippen molar-refractivity contribution in [3.8, 4) is 0 Å². The zero-order valence-corrected chi connectivity index (χ0v) is 16.7. The molecule has 1 saturated heterocycles. The summed E-state index contributed by atoms with van der Waals surface area (Å²) in [6, 6.07) is 13.1. The van der Waals surface area contributed by atoms with Crippen LogP contribution in [0.4, 0.5) is 10.1 Å². The van der Waals surface area contributed by atoms with Crippen LogP contribution in [0.2, 0.25) is 0 Å². The van der Waals surface area contributed by atoms with E-state index < -0.39 is 15.8 Å². The van der Waals surface area contributed by atoms with Crippen molar-refractivity contribution in [2.24, 2.45) is 5.92 Å². The molecule has 1 amide bonds. The monoisotopic (exact) mass is 404 g/mol. The van der Waals surface area contributed by atoms with Crippen LogP contribution in [0.3, 0.4) is 0 Å². The molecule has 28 heavy (non-hydrogen) atoms. The number of rotatable bonds is 6. The fourth-order valence-electron chi connectivity index (χ4n) is 3.36.